The fourth-order valence-electron chi connectivity index (χ4n) is 1.51. The van der Waals surface area contributed by atoms with Gasteiger partial charge in [-0.2, -0.15) is 5.26 Å². The van der Waals surface area contributed by atoms with Crippen molar-refractivity contribution in [3.8, 4) is 11.8 Å². The summed E-state index contributed by atoms with van der Waals surface area (Å²) in [5, 5.41) is 18.3. The molecule has 0 radical (unpaired) electrons. The van der Waals surface area contributed by atoms with E-state index in [1.807, 2.05) is 12.1 Å². The first-order valence-corrected chi connectivity index (χ1v) is 6.28. The summed E-state index contributed by atoms with van der Waals surface area (Å²) in [6.45, 7) is 0. The molecule has 0 saturated carbocycles. The molecule has 2 nitrogen and oxygen atoms in total. The van der Waals surface area contributed by atoms with Gasteiger partial charge < -0.3 is 5.11 Å². The summed E-state index contributed by atoms with van der Waals surface area (Å²) < 4.78 is 13.0. The zero-order valence-corrected chi connectivity index (χ0v) is 10.2. The molecule has 0 saturated heterocycles. The Labute approximate surface area is 109 Å². The van der Waals surface area contributed by atoms with E-state index in [2.05, 4.69) is 0 Å². The highest BCUT2D eigenvalue weighted by Gasteiger charge is 2.04. The quantitative estimate of drug-likeness (QED) is 0.855. The first kappa shape index (κ1) is 12.5. The number of thioether (sulfide) groups is 1. The second-order valence-corrected chi connectivity index (χ2v) is 4.75. The molecule has 0 aliphatic rings. The van der Waals surface area contributed by atoms with Crippen LogP contribution in [0.5, 0.6) is 5.75 Å². The van der Waals surface area contributed by atoms with Gasteiger partial charge in [0.05, 0.1) is 11.6 Å². The number of rotatable bonds is 3. The zero-order valence-electron chi connectivity index (χ0n) is 9.43. The van der Waals surface area contributed by atoms with Crippen molar-refractivity contribution in [2.75, 3.05) is 0 Å². The van der Waals surface area contributed by atoms with Crippen molar-refractivity contribution in [3.63, 3.8) is 0 Å². The Kier molecular flexibility index (Phi) is 3.85. The van der Waals surface area contributed by atoms with Crippen molar-refractivity contribution < 1.29 is 9.50 Å². The molecule has 2 rings (SSSR count). The summed E-state index contributed by atoms with van der Waals surface area (Å²) in [6.07, 6.45) is 0. The maximum atomic E-state index is 13.0. The van der Waals surface area contributed by atoms with E-state index in [1.165, 1.54) is 23.9 Å². The maximum absolute atomic E-state index is 13.0. The minimum Gasteiger partial charge on any atom is -0.508 e. The first-order chi connectivity index (χ1) is 8.69. The third-order valence-electron chi connectivity index (χ3n) is 2.40. The molecular weight excluding hydrogens is 249 g/mol. The van der Waals surface area contributed by atoms with Crippen LogP contribution in [0.15, 0.2) is 47.4 Å². The highest BCUT2D eigenvalue weighted by Crippen LogP contribution is 2.26. The molecule has 0 unspecified atom stereocenters. The number of hydrogen-bond acceptors (Lipinski definition) is 3. The van der Waals surface area contributed by atoms with Gasteiger partial charge >= 0.3 is 0 Å². The number of halogens is 1. The summed E-state index contributed by atoms with van der Waals surface area (Å²) in [5.74, 6) is 0.365. The van der Waals surface area contributed by atoms with Gasteiger partial charge in [-0.15, -0.1) is 11.8 Å². The maximum Gasteiger partial charge on any atom is 0.124 e. The van der Waals surface area contributed by atoms with Gasteiger partial charge in [0.1, 0.15) is 11.6 Å². The fourth-order valence-corrected chi connectivity index (χ4v) is 2.47. The number of phenolic OH excluding ortho intramolecular Hbond substituents is 1. The minimum atomic E-state index is -0.405. The van der Waals surface area contributed by atoms with E-state index in [9.17, 15) is 9.50 Å². The number of phenols is 1. The van der Waals surface area contributed by atoms with Crippen LogP contribution in [0, 0.1) is 17.1 Å². The van der Waals surface area contributed by atoms with Gasteiger partial charge in [0.25, 0.3) is 0 Å². The lowest BCUT2D eigenvalue weighted by Gasteiger charge is -2.04. The Morgan fingerprint density at radius 3 is 2.78 bits per heavy atom. The number of nitrogens with zero attached hydrogens (tertiary/aromatic N) is 1. The Hall–Kier alpha value is -1.99. The molecule has 0 heterocycles. The Bertz CT molecular complexity index is 607. The number of hydrogen-bond donors (Lipinski definition) is 1. The van der Waals surface area contributed by atoms with Crippen molar-refractivity contribution in [2.24, 2.45) is 0 Å². The smallest absolute Gasteiger partial charge is 0.124 e. The highest BCUT2D eigenvalue weighted by molar-refractivity contribution is 7.98. The van der Waals surface area contributed by atoms with E-state index in [-0.39, 0.29) is 5.75 Å². The molecule has 4 heteroatoms. The monoisotopic (exact) mass is 259 g/mol. The summed E-state index contributed by atoms with van der Waals surface area (Å²) in [7, 11) is 0. The van der Waals surface area contributed by atoms with Crippen LogP contribution in [-0.4, -0.2) is 5.11 Å². The van der Waals surface area contributed by atoms with Gasteiger partial charge in [0.15, 0.2) is 0 Å². The van der Waals surface area contributed by atoms with Crippen LogP contribution in [0.4, 0.5) is 4.39 Å². The average Bonchev–Trinajstić information content (AvgIpc) is 2.37. The van der Waals surface area contributed by atoms with Crippen LogP contribution in [0.25, 0.3) is 0 Å². The second kappa shape index (κ2) is 5.56. The Morgan fingerprint density at radius 2 is 2.06 bits per heavy atom. The Morgan fingerprint density at radius 1 is 1.22 bits per heavy atom. The normalized spacial score (nSPS) is 10.0. The van der Waals surface area contributed by atoms with Crippen molar-refractivity contribution >= 4 is 11.8 Å². The molecule has 0 spiro atoms. The minimum absolute atomic E-state index is 0.208. The van der Waals surface area contributed by atoms with E-state index in [4.69, 9.17) is 5.26 Å². The van der Waals surface area contributed by atoms with Crippen LogP contribution < -0.4 is 0 Å². The third-order valence-corrected chi connectivity index (χ3v) is 3.45. The lowest BCUT2D eigenvalue weighted by molar-refractivity contribution is 0.474. The summed E-state index contributed by atoms with van der Waals surface area (Å²) in [5.41, 5.74) is 1.13. The molecule has 2 aromatic carbocycles. The van der Waals surface area contributed by atoms with Gasteiger partial charge in [-0.05, 0) is 35.9 Å². The predicted molar refractivity (Wildman–Crippen MR) is 68.8 cm³/mol. The number of aromatic hydroxyl groups is 1. The van der Waals surface area contributed by atoms with Gasteiger partial charge in [0.2, 0.25) is 0 Å². The molecule has 0 aliphatic carbocycles. The largest absolute Gasteiger partial charge is 0.508 e. The van der Waals surface area contributed by atoms with Crippen LogP contribution in [-0.2, 0) is 5.75 Å². The summed E-state index contributed by atoms with van der Waals surface area (Å²) in [6, 6.07) is 13.1. The van der Waals surface area contributed by atoms with Crippen molar-refractivity contribution in [2.45, 2.75) is 10.6 Å². The van der Waals surface area contributed by atoms with Crippen molar-refractivity contribution in [3.05, 3.63) is 59.4 Å². The van der Waals surface area contributed by atoms with E-state index < -0.39 is 5.82 Å². The Balaban J connectivity index is 2.14. The van der Waals surface area contributed by atoms with Crippen LogP contribution in [0.2, 0.25) is 0 Å². The van der Waals surface area contributed by atoms with Gasteiger partial charge in [0, 0.05) is 10.6 Å². The van der Waals surface area contributed by atoms with Gasteiger partial charge in [-0.25, -0.2) is 4.39 Å². The molecule has 0 amide bonds. The summed E-state index contributed by atoms with van der Waals surface area (Å²) >= 11 is 1.49. The molecule has 0 aliphatic heterocycles. The molecule has 18 heavy (non-hydrogen) atoms. The van der Waals surface area contributed by atoms with E-state index in [1.54, 1.807) is 24.3 Å². The molecular formula is C14H10FNOS. The molecule has 0 fully saturated rings. The van der Waals surface area contributed by atoms with Crippen LogP contribution in [0.3, 0.4) is 0 Å². The van der Waals surface area contributed by atoms with E-state index in [0.29, 0.717) is 11.3 Å². The number of nitriles is 1. The molecule has 0 aromatic heterocycles. The van der Waals surface area contributed by atoms with Crippen molar-refractivity contribution in [1.82, 2.24) is 0 Å². The topological polar surface area (TPSA) is 44.0 Å². The second-order valence-electron chi connectivity index (χ2n) is 3.70. The van der Waals surface area contributed by atoms with E-state index in [0.717, 1.165) is 10.5 Å². The molecule has 0 bridgehead atoms. The van der Waals surface area contributed by atoms with Crippen molar-refractivity contribution in [1.29, 1.82) is 5.26 Å². The lowest BCUT2D eigenvalue weighted by atomic mass is 10.1. The molecule has 90 valence electrons. The standard InChI is InChI=1S/C14H10FNOS/c15-12-5-4-10(11(6-12)8-16)9-18-14-3-1-2-13(17)7-14/h1-7,17H,9H2. The first-order valence-electron chi connectivity index (χ1n) is 5.29. The average molecular weight is 259 g/mol. The molecule has 1 N–H and O–H groups in total. The van der Waals surface area contributed by atoms with E-state index >= 15 is 0 Å². The van der Waals surface area contributed by atoms with Gasteiger partial charge in [-0.1, -0.05) is 12.1 Å². The van der Waals surface area contributed by atoms with Crippen LogP contribution in [0.1, 0.15) is 11.1 Å². The highest BCUT2D eigenvalue weighted by atomic mass is 32.2. The SMILES string of the molecule is N#Cc1cc(F)ccc1CSc1cccc(O)c1. The zero-order chi connectivity index (χ0) is 13.0. The predicted octanol–water partition coefficient (Wildman–Crippen LogP) is 3.70. The molecule has 0 atom stereocenters. The lowest BCUT2D eigenvalue weighted by Crippen LogP contribution is -1.89. The molecule has 2 aromatic rings. The summed E-state index contributed by atoms with van der Waals surface area (Å²) in [4.78, 5) is 0.906. The number of benzene rings is 2. The third kappa shape index (κ3) is 3.02. The van der Waals surface area contributed by atoms with Gasteiger partial charge in [-0.3, -0.25) is 0 Å². The fraction of sp³-hybridized carbons (Fsp3) is 0.0714. The van der Waals surface area contributed by atoms with Crippen LogP contribution >= 0.6 is 11.8 Å².